The fourth-order valence-electron chi connectivity index (χ4n) is 3.56. The van der Waals surface area contributed by atoms with Gasteiger partial charge in [0.2, 0.25) is 10.0 Å². The number of nitrogens with one attached hydrogen (secondary N) is 2. The second-order valence-corrected chi connectivity index (χ2v) is 8.71. The first kappa shape index (κ1) is 18.4. The summed E-state index contributed by atoms with van der Waals surface area (Å²) in [6.45, 7) is 1.62. The van der Waals surface area contributed by atoms with E-state index in [1.54, 1.807) is 6.20 Å². The van der Waals surface area contributed by atoms with Crippen LogP contribution >= 0.6 is 0 Å². The van der Waals surface area contributed by atoms with E-state index in [0.717, 1.165) is 49.3 Å². The Labute approximate surface area is 164 Å². The third kappa shape index (κ3) is 4.14. The molecule has 1 aliphatic rings. The topological polar surface area (TPSA) is 104 Å². The maximum Gasteiger partial charge on any atom is 0.229 e. The maximum atomic E-state index is 11.6. The molecular weight excluding hydrogens is 376 g/mol. The number of piperidine rings is 1. The first-order chi connectivity index (χ1) is 13.5. The minimum absolute atomic E-state index is 0.135. The molecule has 1 fully saturated rings. The summed E-state index contributed by atoms with van der Waals surface area (Å²) < 4.78 is 25.8. The first-order valence-corrected chi connectivity index (χ1v) is 11.0. The summed E-state index contributed by atoms with van der Waals surface area (Å²) in [5.41, 5.74) is 2.31. The average molecular weight is 398 g/mol. The number of rotatable bonds is 5. The van der Waals surface area contributed by atoms with Crippen molar-refractivity contribution in [3.63, 3.8) is 0 Å². The zero-order valence-corrected chi connectivity index (χ0v) is 16.4. The fraction of sp³-hybridized carbons (Fsp3) is 0.316. The molecule has 0 radical (unpaired) electrons. The van der Waals surface area contributed by atoms with Gasteiger partial charge in [-0.1, -0.05) is 30.3 Å². The third-order valence-corrected chi connectivity index (χ3v) is 5.38. The van der Waals surface area contributed by atoms with Gasteiger partial charge < -0.3 is 4.90 Å². The number of hydrogen-bond acceptors (Lipinski definition) is 6. The molecule has 28 heavy (non-hydrogen) atoms. The fourth-order valence-corrected chi connectivity index (χ4v) is 4.12. The molecule has 4 rings (SSSR count). The molecule has 8 nitrogen and oxygen atoms in total. The zero-order valence-electron chi connectivity index (χ0n) is 15.5. The van der Waals surface area contributed by atoms with Crippen molar-refractivity contribution >= 4 is 21.5 Å². The molecule has 1 aromatic carbocycles. The minimum Gasteiger partial charge on any atom is -0.356 e. The highest BCUT2D eigenvalue weighted by atomic mass is 32.2. The van der Waals surface area contributed by atoms with Crippen LogP contribution in [0.2, 0.25) is 0 Å². The number of nitrogens with zero attached hydrogens (tertiary/aromatic N) is 4. The van der Waals surface area contributed by atoms with Gasteiger partial charge in [0.25, 0.3) is 0 Å². The van der Waals surface area contributed by atoms with Crippen molar-refractivity contribution in [1.82, 2.24) is 20.2 Å². The van der Waals surface area contributed by atoms with Crippen molar-refractivity contribution in [2.45, 2.75) is 18.8 Å². The number of aromatic amines is 1. The van der Waals surface area contributed by atoms with E-state index in [2.05, 4.69) is 24.8 Å². The Bertz CT molecular complexity index is 1050. The average Bonchev–Trinajstić information content (AvgIpc) is 3.15. The number of hydrogen-bond donors (Lipinski definition) is 2. The molecule has 2 aromatic heterocycles. The molecule has 3 heterocycles. The van der Waals surface area contributed by atoms with Crippen LogP contribution in [0.15, 0.2) is 48.8 Å². The summed E-state index contributed by atoms with van der Waals surface area (Å²) in [7, 11) is -3.35. The minimum atomic E-state index is -3.35. The van der Waals surface area contributed by atoms with Crippen LogP contribution in [0.4, 0.5) is 11.5 Å². The largest absolute Gasteiger partial charge is 0.356 e. The number of sulfonamides is 1. The van der Waals surface area contributed by atoms with Crippen molar-refractivity contribution in [1.29, 1.82) is 0 Å². The van der Waals surface area contributed by atoms with Gasteiger partial charge in [0.15, 0.2) is 5.82 Å². The van der Waals surface area contributed by atoms with E-state index in [1.165, 1.54) is 6.20 Å². The third-order valence-electron chi connectivity index (χ3n) is 4.79. The molecule has 0 saturated carbocycles. The van der Waals surface area contributed by atoms with Crippen molar-refractivity contribution < 1.29 is 8.42 Å². The lowest BCUT2D eigenvalue weighted by Gasteiger charge is -2.33. The van der Waals surface area contributed by atoms with Gasteiger partial charge in [-0.05, 0) is 18.9 Å². The van der Waals surface area contributed by atoms with Crippen LogP contribution < -0.4 is 9.62 Å². The van der Waals surface area contributed by atoms with Gasteiger partial charge in [-0.3, -0.25) is 9.82 Å². The Hall–Kier alpha value is -2.94. The van der Waals surface area contributed by atoms with E-state index < -0.39 is 10.0 Å². The molecule has 0 unspecified atom stereocenters. The SMILES string of the molecule is CS(=O)(=O)Nc1cn[nH]c1[C@H]1CCCN(c2ccnc(-c3ccccc3)n2)C1. The predicted octanol–water partition coefficient (Wildman–Crippen LogP) is 2.62. The lowest BCUT2D eigenvalue weighted by Crippen LogP contribution is -2.35. The summed E-state index contributed by atoms with van der Waals surface area (Å²) in [6, 6.07) is 11.8. The van der Waals surface area contributed by atoms with Crippen LogP contribution in [-0.2, 0) is 10.0 Å². The number of aromatic nitrogens is 4. The normalized spacial score (nSPS) is 17.5. The summed E-state index contributed by atoms with van der Waals surface area (Å²) in [4.78, 5) is 11.4. The van der Waals surface area contributed by atoms with Gasteiger partial charge >= 0.3 is 0 Å². The van der Waals surface area contributed by atoms with Crippen LogP contribution in [0, 0.1) is 0 Å². The Morgan fingerprint density at radius 2 is 2.04 bits per heavy atom. The van der Waals surface area contributed by atoms with Crippen LogP contribution in [0.3, 0.4) is 0 Å². The quantitative estimate of drug-likeness (QED) is 0.685. The molecule has 1 atom stereocenters. The van der Waals surface area contributed by atoms with E-state index in [-0.39, 0.29) is 5.92 Å². The van der Waals surface area contributed by atoms with Crippen molar-refractivity contribution in [2.75, 3.05) is 29.0 Å². The lowest BCUT2D eigenvalue weighted by molar-refractivity contribution is 0.499. The van der Waals surface area contributed by atoms with E-state index in [1.807, 2.05) is 36.4 Å². The van der Waals surface area contributed by atoms with E-state index in [4.69, 9.17) is 4.98 Å². The monoisotopic (exact) mass is 398 g/mol. The van der Waals surface area contributed by atoms with Gasteiger partial charge in [-0.2, -0.15) is 5.10 Å². The standard InChI is InChI=1S/C19H22N6O2S/c1-28(26,27)24-16-12-21-23-18(16)15-8-5-11-25(13-15)17-9-10-20-19(22-17)14-6-3-2-4-7-14/h2-4,6-7,9-10,12,15,24H,5,8,11,13H2,1H3,(H,21,23)/t15-/m0/s1. The maximum absolute atomic E-state index is 11.6. The van der Waals surface area contributed by atoms with Gasteiger partial charge in [0.05, 0.1) is 23.8 Å². The summed E-state index contributed by atoms with van der Waals surface area (Å²) >= 11 is 0. The molecule has 0 bridgehead atoms. The van der Waals surface area contributed by atoms with Crippen molar-refractivity contribution in [3.05, 3.63) is 54.5 Å². The van der Waals surface area contributed by atoms with Crippen LogP contribution in [0.1, 0.15) is 24.5 Å². The Kier molecular flexibility index (Phi) is 4.99. The Balaban J connectivity index is 1.56. The molecule has 0 amide bonds. The highest BCUT2D eigenvalue weighted by Gasteiger charge is 2.26. The Morgan fingerprint density at radius 1 is 1.21 bits per heavy atom. The van der Waals surface area contributed by atoms with Crippen molar-refractivity contribution in [3.8, 4) is 11.4 Å². The smallest absolute Gasteiger partial charge is 0.229 e. The molecular formula is C19H22N6O2S. The highest BCUT2D eigenvalue weighted by molar-refractivity contribution is 7.92. The predicted molar refractivity (Wildman–Crippen MR) is 109 cm³/mol. The number of benzene rings is 1. The van der Waals surface area contributed by atoms with Crippen LogP contribution in [0.25, 0.3) is 11.4 Å². The number of anilines is 2. The summed E-state index contributed by atoms with van der Waals surface area (Å²) in [5, 5.41) is 7.01. The van der Waals surface area contributed by atoms with Gasteiger partial charge in [-0.25, -0.2) is 18.4 Å². The molecule has 0 aliphatic carbocycles. The second-order valence-electron chi connectivity index (χ2n) is 6.96. The van der Waals surface area contributed by atoms with Crippen LogP contribution in [0.5, 0.6) is 0 Å². The second kappa shape index (κ2) is 7.59. The molecule has 3 aromatic rings. The summed E-state index contributed by atoms with van der Waals surface area (Å²) in [5.74, 6) is 1.70. The molecule has 2 N–H and O–H groups in total. The van der Waals surface area contributed by atoms with Gasteiger partial charge in [0, 0.05) is 30.8 Å². The zero-order chi connectivity index (χ0) is 19.6. The van der Waals surface area contributed by atoms with Crippen LogP contribution in [-0.4, -0.2) is 47.9 Å². The Morgan fingerprint density at radius 3 is 2.82 bits per heavy atom. The van der Waals surface area contributed by atoms with E-state index in [0.29, 0.717) is 11.5 Å². The molecule has 1 aliphatic heterocycles. The van der Waals surface area contributed by atoms with Gasteiger partial charge in [0.1, 0.15) is 5.82 Å². The molecule has 146 valence electrons. The lowest BCUT2D eigenvalue weighted by atomic mass is 9.94. The van der Waals surface area contributed by atoms with Crippen molar-refractivity contribution in [2.24, 2.45) is 0 Å². The van der Waals surface area contributed by atoms with Gasteiger partial charge in [-0.15, -0.1) is 0 Å². The summed E-state index contributed by atoms with van der Waals surface area (Å²) in [6.07, 6.45) is 6.37. The van der Waals surface area contributed by atoms with E-state index >= 15 is 0 Å². The number of H-pyrrole nitrogens is 1. The first-order valence-electron chi connectivity index (χ1n) is 9.14. The highest BCUT2D eigenvalue weighted by Crippen LogP contribution is 2.32. The molecule has 1 saturated heterocycles. The molecule has 9 heteroatoms. The van der Waals surface area contributed by atoms with E-state index in [9.17, 15) is 8.42 Å². The molecule has 0 spiro atoms.